The van der Waals surface area contributed by atoms with Crippen molar-refractivity contribution in [2.75, 3.05) is 4.90 Å². The molecular formula is C15H19N3O. The Morgan fingerprint density at radius 2 is 2.05 bits per heavy atom. The number of fused-ring (bicyclic) bond motifs is 2. The number of carbonyl (C=O) groups excluding carboxylic acids is 1. The molecule has 0 aromatic carbocycles. The number of aromatic nitrogens is 1. The minimum absolute atomic E-state index is 0.0808. The summed E-state index contributed by atoms with van der Waals surface area (Å²) in [6.45, 7) is 3.49. The molecule has 100 valence electrons. The second-order valence-corrected chi connectivity index (χ2v) is 5.50. The van der Waals surface area contributed by atoms with E-state index in [0.717, 1.165) is 18.7 Å². The van der Waals surface area contributed by atoms with Crippen LogP contribution >= 0.6 is 0 Å². The normalized spacial score (nSPS) is 29.3. The zero-order valence-electron chi connectivity index (χ0n) is 11.0. The van der Waals surface area contributed by atoms with Crippen molar-refractivity contribution in [2.24, 2.45) is 5.73 Å². The minimum atomic E-state index is -0.0808. The van der Waals surface area contributed by atoms with E-state index in [1.54, 1.807) is 6.20 Å². The van der Waals surface area contributed by atoms with E-state index >= 15 is 0 Å². The highest BCUT2D eigenvalue weighted by atomic mass is 16.1. The van der Waals surface area contributed by atoms with Crippen LogP contribution < -0.4 is 10.6 Å². The number of piperidine rings is 1. The van der Waals surface area contributed by atoms with Crippen LogP contribution in [-0.2, 0) is 0 Å². The number of carbonyl (C=O) groups is 1. The summed E-state index contributed by atoms with van der Waals surface area (Å²) in [6, 6.07) is 5.14. The highest BCUT2D eigenvalue weighted by Crippen LogP contribution is 2.37. The molecule has 0 radical (unpaired) electrons. The van der Waals surface area contributed by atoms with Crippen LogP contribution in [0.4, 0.5) is 5.82 Å². The summed E-state index contributed by atoms with van der Waals surface area (Å²) in [5.41, 5.74) is 6.67. The van der Waals surface area contributed by atoms with Gasteiger partial charge in [0.05, 0.1) is 0 Å². The Bertz CT molecular complexity index is 483. The Balaban J connectivity index is 1.83. The monoisotopic (exact) mass is 257 g/mol. The van der Waals surface area contributed by atoms with E-state index in [0.29, 0.717) is 23.7 Å². The predicted molar refractivity (Wildman–Crippen MR) is 75.3 cm³/mol. The van der Waals surface area contributed by atoms with E-state index < -0.39 is 0 Å². The highest BCUT2D eigenvalue weighted by molar-refractivity contribution is 6.03. The summed E-state index contributed by atoms with van der Waals surface area (Å²) in [6.07, 6.45) is 7.46. The molecule has 3 rings (SSSR count). The molecule has 2 aliphatic rings. The molecule has 4 nitrogen and oxygen atoms in total. The predicted octanol–water partition coefficient (Wildman–Crippen LogP) is 1.91. The van der Waals surface area contributed by atoms with Crippen molar-refractivity contribution < 1.29 is 4.79 Å². The number of rotatable bonds is 3. The van der Waals surface area contributed by atoms with Crippen LogP contribution in [-0.4, -0.2) is 28.9 Å². The van der Waals surface area contributed by atoms with Crippen LogP contribution in [0.15, 0.2) is 31.0 Å². The lowest BCUT2D eigenvalue weighted by Gasteiger charge is -2.38. The number of nitrogens with two attached hydrogens (primary N) is 1. The number of pyridine rings is 1. The topological polar surface area (TPSA) is 59.2 Å². The fourth-order valence-corrected chi connectivity index (χ4v) is 3.40. The highest BCUT2D eigenvalue weighted by Gasteiger charge is 2.40. The quantitative estimate of drug-likeness (QED) is 0.664. The minimum Gasteiger partial charge on any atom is -0.351 e. The van der Waals surface area contributed by atoms with Gasteiger partial charge in [-0.25, -0.2) is 4.98 Å². The van der Waals surface area contributed by atoms with Gasteiger partial charge in [0.25, 0.3) is 0 Å². The molecule has 4 heteroatoms. The van der Waals surface area contributed by atoms with Gasteiger partial charge >= 0.3 is 0 Å². The molecule has 1 aromatic heterocycles. The smallest absolute Gasteiger partial charge is 0.186 e. The lowest BCUT2D eigenvalue weighted by molar-refractivity contribution is 0.104. The Kier molecular flexibility index (Phi) is 3.11. The Hall–Kier alpha value is -1.68. The van der Waals surface area contributed by atoms with E-state index in [4.69, 9.17) is 5.73 Å². The zero-order valence-corrected chi connectivity index (χ0v) is 11.0. The van der Waals surface area contributed by atoms with Gasteiger partial charge in [-0.1, -0.05) is 6.58 Å². The zero-order chi connectivity index (χ0) is 13.4. The standard InChI is InChI=1S/C15H19N3O/c1-2-14(19)10-3-6-15(17-9-10)18-12-4-5-13(18)8-11(16)7-12/h2-3,6,9,11-13H,1,4-5,7-8,16H2. The van der Waals surface area contributed by atoms with Crippen LogP contribution in [0.5, 0.6) is 0 Å². The first-order valence-electron chi connectivity index (χ1n) is 6.86. The Labute approximate surface area is 113 Å². The molecule has 1 aromatic rings. The van der Waals surface area contributed by atoms with Gasteiger partial charge in [-0.3, -0.25) is 4.79 Å². The van der Waals surface area contributed by atoms with Gasteiger partial charge in [-0.05, 0) is 43.9 Å². The molecule has 2 atom stereocenters. The molecule has 0 spiro atoms. The Morgan fingerprint density at radius 3 is 2.58 bits per heavy atom. The number of hydrogen-bond donors (Lipinski definition) is 1. The molecule has 2 N–H and O–H groups in total. The molecule has 2 fully saturated rings. The third-order valence-corrected chi connectivity index (χ3v) is 4.25. The first-order chi connectivity index (χ1) is 9.19. The van der Waals surface area contributed by atoms with E-state index in [2.05, 4.69) is 16.5 Å². The molecule has 0 aliphatic carbocycles. The van der Waals surface area contributed by atoms with E-state index in [1.807, 2.05) is 12.1 Å². The number of nitrogens with zero attached hydrogens (tertiary/aromatic N) is 2. The molecule has 2 bridgehead atoms. The third-order valence-electron chi connectivity index (χ3n) is 4.25. The second kappa shape index (κ2) is 4.78. The van der Waals surface area contributed by atoms with E-state index in [1.165, 1.54) is 18.9 Å². The van der Waals surface area contributed by atoms with Crippen molar-refractivity contribution in [1.29, 1.82) is 0 Å². The van der Waals surface area contributed by atoms with Crippen molar-refractivity contribution in [3.05, 3.63) is 36.5 Å². The van der Waals surface area contributed by atoms with Gasteiger partial charge in [0.15, 0.2) is 5.78 Å². The lowest BCUT2D eigenvalue weighted by Crippen LogP contribution is -2.47. The van der Waals surface area contributed by atoms with Crippen molar-refractivity contribution in [1.82, 2.24) is 4.98 Å². The first-order valence-corrected chi connectivity index (χ1v) is 6.86. The molecule has 2 aliphatic heterocycles. The van der Waals surface area contributed by atoms with Crippen LogP contribution in [0.2, 0.25) is 0 Å². The molecule has 0 amide bonds. The van der Waals surface area contributed by atoms with Gasteiger partial charge < -0.3 is 10.6 Å². The van der Waals surface area contributed by atoms with Crippen molar-refractivity contribution in [2.45, 2.75) is 43.8 Å². The van der Waals surface area contributed by atoms with Crippen LogP contribution in [0, 0.1) is 0 Å². The van der Waals surface area contributed by atoms with Crippen LogP contribution in [0.1, 0.15) is 36.0 Å². The molecular weight excluding hydrogens is 238 g/mol. The number of hydrogen-bond acceptors (Lipinski definition) is 4. The summed E-state index contributed by atoms with van der Waals surface area (Å²) in [5.74, 6) is 0.891. The van der Waals surface area contributed by atoms with Gasteiger partial charge in [0.2, 0.25) is 0 Å². The van der Waals surface area contributed by atoms with E-state index in [9.17, 15) is 4.79 Å². The lowest BCUT2D eigenvalue weighted by atomic mass is 9.98. The van der Waals surface area contributed by atoms with E-state index in [-0.39, 0.29) is 5.78 Å². The average Bonchev–Trinajstić information content (AvgIpc) is 2.70. The van der Waals surface area contributed by atoms with Crippen LogP contribution in [0.3, 0.4) is 0 Å². The molecule has 19 heavy (non-hydrogen) atoms. The fourth-order valence-electron chi connectivity index (χ4n) is 3.40. The summed E-state index contributed by atoms with van der Waals surface area (Å²) in [5, 5.41) is 0. The van der Waals surface area contributed by atoms with Gasteiger partial charge in [-0.2, -0.15) is 0 Å². The number of allylic oxidation sites excluding steroid dienone is 1. The maximum Gasteiger partial charge on any atom is 0.186 e. The summed E-state index contributed by atoms with van der Waals surface area (Å²) in [4.78, 5) is 18.3. The average molecular weight is 257 g/mol. The van der Waals surface area contributed by atoms with Gasteiger partial charge in [-0.15, -0.1) is 0 Å². The van der Waals surface area contributed by atoms with Gasteiger partial charge in [0.1, 0.15) is 5.82 Å². The molecule has 0 saturated carbocycles. The first kappa shape index (κ1) is 12.4. The third kappa shape index (κ3) is 2.16. The Morgan fingerprint density at radius 1 is 1.37 bits per heavy atom. The molecule has 2 unspecified atom stereocenters. The van der Waals surface area contributed by atoms with Gasteiger partial charge in [0, 0.05) is 29.9 Å². The molecule has 3 heterocycles. The summed E-state index contributed by atoms with van der Waals surface area (Å²) < 4.78 is 0. The van der Waals surface area contributed by atoms with Crippen molar-refractivity contribution in [3.8, 4) is 0 Å². The maximum atomic E-state index is 11.5. The number of anilines is 1. The largest absolute Gasteiger partial charge is 0.351 e. The van der Waals surface area contributed by atoms with Crippen LogP contribution in [0.25, 0.3) is 0 Å². The number of ketones is 1. The van der Waals surface area contributed by atoms with Crippen molar-refractivity contribution in [3.63, 3.8) is 0 Å². The van der Waals surface area contributed by atoms with Crippen molar-refractivity contribution >= 4 is 11.6 Å². The molecule has 2 saturated heterocycles. The fraction of sp³-hybridized carbons (Fsp3) is 0.467. The SMILES string of the molecule is C=CC(=O)c1ccc(N2C3CCC2CC(N)C3)nc1. The maximum absolute atomic E-state index is 11.5. The second-order valence-electron chi connectivity index (χ2n) is 5.50. The summed E-state index contributed by atoms with van der Waals surface area (Å²) in [7, 11) is 0. The summed E-state index contributed by atoms with van der Waals surface area (Å²) >= 11 is 0.